The Morgan fingerprint density at radius 3 is 1.10 bits per heavy atom. The van der Waals surface area contributed by atoms with E-state index >= 15 is 0 Å². The Bertz CT molecular complexity index is 782. The number of aldehydes is 2. The molecule has 0 amide bonds. The standard InChI is InChI=1S/C30H62N2O3.2C13H26O/c1-31-23-25-32(26-24-31)22-16-19-29-35-30(20-14-10-6-4-8-12-17-27-33-2)21-15-11-7-5-9-13-18-28-34-3;2*1-3-5-7-9-13(11-12-14)10-8-6-4-2/h30H,4-29H2,1-3H3;2*12-13H,3-11H2,1-2H3. The first-order chi connectivity index (χ1) is 30.9. The predicted molar refractivity (Wildman–Crippen MR) is 275 cm³/mol. The third-order valence-electron chi connectivity index (χ3n) is 13.3. The molecule has 0 aromatic heterocycles. The van der Waals surface area contributed by atoms with Crippen LogP contribution in [0.5, 0.6) is 0 Å². The third-order valence-corrected chi connectivity index (χ3v) is 13.3. The van der Waals surface area contributed by atoms with E-state index in [2.05, 4.69) is 44.5 Å². The molecule has 378 valence electrons. The van der Waals surface area contributed by atoms with E-state index in [0.29, 0.717) is 17.9 Å². The average Bonchev–Trinajstić information content (AvgIpc) is 3.29. The average molecular weight is 896 g/mol. The lowest BCUT2D eigenvalue weighted by Gasteiger charge is -2.32. The summed E-state index contributed by atoms with van der Waals surface area (Å²) in [5.74, 6) is 1.34. The second-order valence-electron chi connectivity index (χ2n) is 19.4. The summed E-state index contributed by atoms with van der Waals surface area (Å²) in [4.78, 5) is 26.0. The smallest absolute Gasteiger partial charge is 0.120 e. The van der Waals surface area contributed by atoms with E-state index in [0.717, 1.165) is 45.2 Å². The van der Waals surface area contributed by atoms with E-state index in [-0.39, 0.29) is 0 Å². The quantitative estimate of drug-likeness (QED) is 0.0445. The maximum atomic E-state index is 10.5. The second-order valence-corrected chi connectivity index (χ2v) is 19.4. The number of carbonyl (C=O) groups is 2. The summed E-state index contributed by atoms with van der Waals surface area (Å²) in [6.45, 7) is 17.9. The van der Waals surface area contributed by atoms with Crippen LogP contribution in [0.15, 0.2) is 0 Å². The van der Waals surface area contributed by atoms with Gasteiger partial charge in [0.1, 0.15) is 12.6 Å². The molecule has 0 aromatic carbocycles. The van der Waals surface area contributed by atoms with E-state index in [4.69, 9.17) is 14.2 Å². The minimum atomic E-state index is 0.488. The van der Waals surface area contributed by atoms with Gasteiger partial charge in [-0.25, -0.2) is 0 Å². The first kappa shape index (κ1) is 64.2. The van der Waals surface area contributed by atoms with Crippen molar-refractivity contribution in [2.75, 3.05) is 73.8 Å². The number of hydrogen-bond donors (Lipinski definition) is 0. The fraction of sp³-hybridized carbons (Fsp3) is 0.964. The molecule has 0 aliphatic carbocycles. The maximum absolute atomic E-state index is 10.5. The summed E-state index contributed by atoms with van der Waals surface area (Å²) in [5.41, 5.74) is 0. The molecule has 7 nitrogen and oxygen atoms in total. The van der Waals surface area contributed by atoms with Gasteiger partial charge in [-0.1, -0.05) is 207 Å². The Labute approximate surface area is 395 Å². The number of carbonyl (C=O) groups excluding carboxylic acids is 2. The molecule has 7 heteroatoms. The molecule has 0 N–H and O–H groups in total. The van der Waals surface area contributed by atoms with E-state index < -0.39 is 0 Å². The number of ether oxygens (including phenoxy) is 3. The van der Waals surface area contributed by atoms with Gasteiger partial charge in [-0.15, -0.1) is 0 Å². The van der Waals surface area contributed by atoms with Crippen LogP contribution in [0.4, 0.5) is 0 Å². The highest BCUT2D eigenvalue weighted by molar-refractivity contribution is 5.49. The zero-order chi connectivity index (χ0) is 46.5. The number of methoxy groups -OCH3 is 2. The minimum absolute atomic E-state index is 0.488. The molecule has 1 fully saturated rings. The summed E-state index contributed by atoms with van der Waals surface area (Å²) in [7, 11) is 5.84. The molecular weight excluding hydrogens is 781 g/mol. The molecular formula is C56H114N2O5. The SMILES string of the molecule is CCCCCC(CC=O)CCCCC.CCCCCC(CC=O)CCCCC.COCCCCCCCCCC(CCCCCCCCCOC)OCCCCN1CCN(C)CC1. The Kier molecular flexibility index (Phi) is 56.5. The van der Waals surface area contributed by atoms with E-state index in [1.54, 1.807) is 14.2 Å². The number of unbranched alkanes of at least 4 members (excludes halogenated alkanes) is 21. The Morgan fingerprint density at radius 2 is 0.746 bits per heavy atom. The first-order valence-electron chi connectivity index (χ1n) is 27.8. The summed E-state index contributed by atoms with van der Waals surface area (Å²) >= 11 is 0. The normalized spacial score (nSPS) is 13.4. The third kappa shape index (κ3) is 50.4. The molecule has 63 heavy (non-hydrogen) atoms. The van der Waals surface area contributed by atoms with Crippen molar-refractivity contribution in [3.8, 4) is 0 Å². The maximum Gasteiger partial charge on any atom is 0.120 e. The van der Waals surface area contributed by atoms with Gasteiger partial charge >= 0.3 is 0 Å². The van der Waals surface area contributed by atoms with Crippen molar-refractivity contribution in [1.29, 1.82) is 0 Å². The molecule has 0 aromatic rings. The molecule has 1 heterocycles. The second kappa shape index (κ2) is 55.5. The van der Waals surface area contributed by atoms with Crippen LogP contribution in [0.25, 0.3) is 0 Å². The summed E-state index contributed by atoms with van der Waals surface area (Å²) in [6, 6.07) is 0. The van der Waals surface area contributed by atoms with Crippen LogP contribution in [0, 0.1) is 11.8 Å². The van der Waals surface area contributed by atoms with Gasteiger partial charge < -0.3 is 33.6 Å². The van der Waals surface area contributed by atoms with Gasteiger partial charge in [0.15, 0.2) is 0 Å². The van der Waals surface area contributed by atoms with Gasteiger partial charge in [-0.2, -0.15) is 0 Å². The highest BCUT2D eigenvalue weighted by Gasteiger charge is 2.14. The van der Waals surface area contributed by atoms with Crippen molar-refractivity contribution >= 4 is 12.6 Å². The van der Waals surface area contributed by atoms with Crippen LogP contribution in [-0.4, -0.2) is 102 Å². The Morgan fingerprint density at radius 1 is 0.413 bits per heavy atom. The molecule has 0 radical (unpaired) electrons. The molecule has 1 rings (SSSR count). The molecule has 1 saturated heterocycles. The zero-order valence-corrected chi connectivity index (χ0v) is 43.9. The van der Waals surface area contributed by atoms with Gasteiger partial charge in [-0.3, -0.25) is 0 Å². The Balaban J connectivity index is 0. The van der Waals surface area contributed by atoms with E-state index in [1.165, 1.54) is 251 Å². The molecule has 0 spiro atoms. The monoisotopic (exact) mass is 895 g/mol. The van der Waals surface area contributed by atoms with Crippen LogP contribution in [0.3, 0.4) is 0 Å². The molecule has 1 aliphatic heterocycles. The lowest BCUT2D eigenvalue weighted by atomic mass is 9.93. The number of rotatable bonds is 46. The fourth-order valence-corrected chi connectivity index (χ4v) is 8.84. The van der Waals surface area contributed by atoms with E-state index in [9.17, 15) is 9.59 Å². The van der Waals surface area contributed by atoms with Crippen molar-refractivity contribution in [3.63, 3.8) is 0 Å². The summed E-state index contributed by atoms with van der Waals surface area (Å²) in [6.07, 6.45) is 48.7. The van der Waals surface area contributed by atoms with Crippen molar-refractivity contribution in [2.45, 2.75) is 265 Å². The van der Waals surface area contributed by atoms with Crippen molar-refractivity contribution in [2.24, 2.45) is 11.8 Å². The molecule has 0 atom stereocenters. The highest BCUT2D eigenvalue weighted by Crippen LogP contribution is 2.21. The fourth-order valence-electron chi connectivity index (χ4n) is 8.84. The molecule has 0 unspecified atom stereocenters. The van der Waals surface area contributed by atoms with Crippen molar-refractivity contribution in [3.05, 3.63) is 0 Å². The Hall–Kier alpha value is -0.860. The van der Waals surface area contributed by atoms with Gasteiger partial charge in [0.2, 0.25) is 0 Å². The van der Waals surface area contributed by atoms with Crippen LogP contribution in [0.2, 0.25) is 0 Å². The van der Waals surface area contributed by atoms with Gasteiger partial charge in [0.05, 0.1) is 6.10 Å². The number of piperazine rings is 1. The van der Waals surface area contributed by atoms with Gasteiger partial charge in [-0.05, 0) is 64.0 Å². The molecule has 0 bridgehead atoms. The molecule has 1 aliphatic rings. The van der Waals surface area contributed by atoms with Crippen molar-refractivity contribution < 1.29 is 23.8 Å². The number of hydrogen-bond acceptors (Lipinski definition) is 7. The first-order valence-corrected chi connectivity index (χ1v) is 27.8. The number of likely N-dealkylation sites (N-methyl/N-ethyl adjacent to an activating group) is 1. The molecule has 0 saturated carbocycles. The van der Waals surface area contributed by atoms with Gasteiger partial charge in [0.25, 0.3) is 0 Å². The largest absolute Gasteiger partial charge is 0.385 e. The van der Waals surface area contributed by atoms with Crippen LogP contribution in [0.1, 0.15) is 259 Å². The number of nitrogens with zero attached hydrogens (tertiary/aromatic N) is 2. The minimum Gasteiger partial charge on any atom is -0.385 e. The lowest BCUT2D eigenvalue weighted by Crippen LogP contribution is -2.44. The summed E-state index contributed by atoms with van der Waals surface area (Å²) in [5, 5.41) is 0. The van der Waals surface area contributed by atoms with Crippen molar-refractivity contribution in [1.82, 2.24) is 9.80 Å². The van der Waals surface area contributed by atoms with Gasteiger partial charge in [0, 0.05) is 73.1 Å². The topological polar surface area (TPSA) is 68.3 Å². The van der Waals surface area contributed by atoms with Crippen LogP contribution in [-0.2, 0) is 23.8 Å². The van der Waals surface area contributed by atoms with E-state index in [1.807, 2.05) is 0 Å². The lowest BCUT2D eigenvalue weighted by molar-refractivity contribution is -0.109. The predicted octanol–water partition coefficient (Wildman–Crippen LogP) is 15.6. The zero-order valence-electron chi connectivity index (χ0n) is 43.9. The van der Waals surface area contributed by atoms with Crippen LogP contribution < -0.4 is 0 Å². The highest BCUT2D eigenvalue weighted by atomic mass is 16.5. The summed E-state index contributed by atoms with van der Waals surface area (Å²) < 4.78 is 16.7. The van der Waals surface area contributed by atoms with Crippen LogP contribution >= 0.6 is 0 Å².